The van der Waals surface area contributed by atoms with Crippen molar-refractivity contribution in [3.8, 4) is 22.5 Å². The molecule has 8 heteroatoms. The zero-order chi connectivity index (χ0) is 23.4. The van der Waals surface area contributed by atoms with E-state index in [1.807, 2.05) is 17.8 Å². The molecule has 0 aliphatic heterocycles. The number of benzene rings is 2. The predicted molar refractivity (Wildman–Crippen MR) is 130 cm³/mol. The van der Waals surface area contributed by atoms with E-state index in [1.54, 1.807) is 12.1 Å². The molecule has 1 heterocycles. The fourth-order valence-corrected chi connectivity index (χ4v) is 7.18. The van der Waals surface area contributed by atoms with Gasteiger partial charge in [-0.2, -0.15) is 23.0 Å². The second kappa shape index (κ2) is 8.29. The van der Waals surface area contributed by atoms with E-state index in [1.165, 1.54) is 23.3 Å². The summed E-state index contributed by atoms with van der Waals surface area (Å²) in [7, 11) is -1.57. The summed E-state index contributed by atoms with van der Waals surface area (Å²) in [6.07, 6.45) is 5.73. The summed E-state index contributed by atoms with van der Waals surface area (Å²) in [6.45, 7) is 0. The molecule has 2 bridgehead atoms. The van der Waals surface area contributed by atoms with Gasteiger partial charge in [-0.3, -0.25) is 4.68 Å². The van der Waals surface area contributed by atoms with E-state index in [0.29, 0.717) is 11.8 Å². The van der Waals surface area contributed by atoms with E-state index in [-0.39, 0.29) is 17.9 Å². The maximum atomic E-state index is 13.3. The average molecular weight is 481 g/mol. The number of hydrogen-bond acceptors (Lipinski definition) is 3. The molecule has 2 fully saturated rings. The monoisotopic (exact) mass is 480 g/mol. The molecule has 2 N–H and O–H groups in total. The molecule has 6 nitrogen and oxygen atoms in total. The van der Waals surface area contributed by atoms with Crippen molar-refractivity contribution in [1.82, 2.24) is 19.2 Å². The molecule has 1 aromatic heterocycles. The van der Waals surface area contributed by atoms with Crippen LogP contribution >= 0.6 is 0 Å². The van der Waals surface area contributed by atoms with Gasteiger partial charge < -0.3 is 0 Å². The van der Waals surface area contributed by atoms with Crippen molar-refractivity contribution in [2.45, 2.75) is 50.6 Å². The van der Waals surface area contributed by atoms with Gasteiger partial charge in [0.1, 0.15) is 5.82 Å². The third-order valence-electron chi connectivity index (χ3n) is 7.60. The third-order valence-corrected chi connectivity index (χ3v) is 8.83. The molecular formula is C26H29FN4O2S. The molecule has 0 spiro atoms. The summed E-state index contributed by atoms with van der Waals surface area (Å²) in [5.74, 6) is 0.374. The van der Waals surface area contributed by atoms with Crippen molar-refractivity contribution in [2.24, 2.45) is 18.9 Å². The van der Waals surface area contributed by atoms with Gasteiger partial charge in [-0.1, -0.05) is 12.1 Å². The fourth-order valence-electron chi connectivity index (χ4n) is 5.69. The normalized spacial score (nSPS) is 24.1. The molecule has 0 radical (unpaired) electrons. The van der Waals surface area contributed by atoms with E-state index in [0.717, 1.165) is 61.0 Å². The lowest BCUT2D eigenvalue weighted by Crippen LogP contribution is -2.47. The largest absolute Gasteiger partial charge is 0.277 e. The molecule has 3 aliphatic rings. The molecule has 0 saturated heterocycles. The summed E-state index contributed by atoms with van der Waals surface area (Å²) in [4.78, 5) is 0. The van der Waals surface area contributed by atoms with Crippen molar-refractivity contribution < 1.29 is 12.8 Å². The van der Waals surface area contributed by atoms with Crippen LogP contribution in [0.25, 0.3) is 22.5 Å². The van der Waals surface area contributed by atoms with Crippen LogP contribution in [-0.4, -0.2) is 30.3 Å². The van der Waals surface area contributed by atoms with Gasteiger partial charge in [-0.25, -0.2) is 4.39 Å². The smallest absolute Gasteiger partial charge is 0.267 e. The summed E-state index contributed by atoms with van der Waals surface area (Å²) in [5, 5.41) is 4.72. The van der Waals surface area contributed by atoms with E-state index >= 15 is 0 Å². The van der Waals surface area contributed by atoms with Gasteiger partial charge in [0.25, 0.3) is 10.2 Å². The number of fused-ring (bicyclic) bond motifs is 3. The Bertz CT molecular complexity index is 1330. The van der Waals surface area contributed by atoms with Crippen molar-refractivity contribution >= 4 is 10.2 Å². The third kappa shape index (κ3) is 4.30. The Morgan fingerprint density at radius 2 is 1.56 bits per heavy atom. The Kier molecular flexibility index (Phi) is 5.35. The molecule has 3 atom stereocenters. The van der Waals surface area contributed by atoms with Crippen LogP contribution in [0.15, 0.2) is 48.5 Å². The van der Waals surface area contributed by atoms with Crippen LogP contribution in [0, 0.1) is 17.7 Å². The van der Waals surface area contributed by atoms with Crippen LogP contribution in [0.2, 0.25) is 0 Å². The van der Waals surface area contributed by atoms with Crippen molar-refractivity contribution in [3.63, 3.8) is 0 Å². The van der Waals surface area contributed by atoms with Gasteiger partial charge in [0, 0.05) is 24.7 Å². The Balaban J connectivity index is 1.26. The first-order valence-electron chi connectivity index (χ1n) is 12.1. The Morgan fingerprint density at radius 1 is 0.882 bits per heavy atom. The lowest BCUT2D eigenvalue weighted by Gasteiger charge is -2.23. The fraction of sp³-hybridized carbons (Fsp3) is 0.423. The molecule has 34 heavy (non-hydrogen) atoms. The average Bonchev–Trinajstić information content (AvgIpc) is 3.43. The molecule has 2 aromatic carbocycles. The van der Waals surface area contributed by atoms with Crippen LogP contribution in [0.1, 0.15) is 36.8 Å². The molecule has 6 rings (SSSR count). The second-order valence-electron chi connectivity index (χ2n) is 10.1. The highest BCUT2D eigenvalue weighted by Crippen LogP contribution is 2.41. The maximum absolute atomic E-state index is 13.3. The minimum atomic E-state index is -3.47. The van der Waals surface area contributed by atoms with Gasteiger partial charge in [0.05, 0.1) is 11.4 Å². The van der Waals surface area contributed by atoms with E-state index < -0.39 is 10.2 Å². The van der Waals surface area contributed by atoms with E-state index in [4.69, 9.17) is 5.10 Å². The standard InChI is InChI=1S/C26H29FN4O2S/c1-31-25(16-6-8-22(27)9-7-16)15-24(28-31)18-3-2-17-12-19-4-5-20(14-21(17)13-18)26(19)30-34(32,33)29-23-10-11-23/h2-3,6-9,13,15,19-20,23,26,29-30H,4-5,10-12,14H2,1H3/t19-,20+,26+/m0/s1. The summed E-state index contributed by atoms with van der Waals surface area (Å²) >= 11 is 0. The Morgan fingerprint density at radius 3 is 2.26 bits per heavy atom. The number of rotatable bonds is 6. The SMILES string of the molecule is Cn1nc(-c2ccc3c(c2)C[C@H]2CC[C@@H](C3)[C@H]2NS(=O)(=O)NC2CC2)cc1-c1ccc(F)cc1. The number of nitrogens with one attached hydrogen (secondary N) is 2. The molecule has 3 aliphatic carbocycles. The van der Waals surface area contributed by atoms with Crippen LogP contribution < -0.4 is 9.44 Å². The highest BCUT2D eigenvalue weighted by molar-refractivity contribution is 7.87. The highest BCUT2D eigenvalue weighted by atomic mass is 32.2. The van der Waals surface area contributed by atoms with Crippen LogP contribution in [0.5, 0.6) is 0 Å². The number of nitrogens with zero attached hydrogens (tertiary/aromatic N) is 2. The van der Waals surface area contributed by atoms with Gasteiger partial charge in [0.2, 0.25) is 0 Å². The zero-order valence-corrected chi connectivity index (χ0v) is 20.0. The highest BCUT2D eigenvalue weighted by Gasteiger charge is 2.41. The lowest BCUT2D eigenvalue weighted by atomic mass is 9.91. The van der Waals surface area contributed by atoms with Crippen molar-refractivity contribution in [3.05, 3.63) is 65.5 Å². The summed E-state index contributed by atoms with van der Waals surface area (Å²) < 4.78 is 46.2. The molecule has 2 saturated carbocycles. The number of halogens is 1. The summed E-state index contributed by atoms with van der Waals surface area (Å²) in [6, 6.07) is 15.1. The Hall–Kier alpha value is -2.55. The second-order valence-corrected chi connectivity index (χ2v) is 11.6. The minimum absolute atomic E-state index is 0.0213. The number of hydrogen-bond donors (Lipinski definition) is 2. The van der Waals surface area contributed by atoms with Gasteiger partial charge in [-0.05, 0) is 103 Å². The van der Waals surface area contributed by atoms with Crippen molar-refractivity contribution in [2.75, 3.05) is 0 Å². The quantitative estimate of drug-likeness (QED) is 0.561. The molecule has 3 aromatic rings. The predicted octanol–water partition coefficient (Wildman–Crippen LogP) is 3.97. The van der Waals surface area contributed by atoms with Gasteiger partial charge >= 0.3 is 0 Å². The topological polar surface area (TPSA) is 76.0 Å². The molecule has 0 unspecified atom stereocenters. The van der Waals surface area contributed by atoms with Crippen LogP contribution in [0.4, 0.5) is 4.39 Å². The van der Waals surface area contributed by atoms with E-state index in [2.05, 4.69) is 27.6 Å². The molecule has 0 amide bonds. The Labute approximate surface area is 199 Å². The maximum Gasteiger partial charge on any atom is 0.277 e. The van der Waals surface area contributed by atoms with E-state index in [9.17, 15) is 12.8 Å². The number of aromatic nitrogens is 2. The minimum Gasteiger partial charge on any atom is -0.267 e. The van der Waals surface area contributed by atoms with Crippen LogP contribution in [-0.2, 0) is 30.1 Å². The van der Waals surface area contributed by atoms with Crippen LogP contribution in [0.3, 0.4) is 0 Å². The first-order chi connectivity index (χ1) is 16.3. The first-order valence-corrected chi connectivity index (χ1v) is 13.5. The first kappa shape index (κ1) is 21.9. The van der Waals surface area contributed by atoms with Gasteiger partial charge in [-0.15, -0.1) is 0 Å². The molecular weight excluding hydrogens is 451 g/mol. The number of aryl methyl sites for hydroxylation is 1. The van der Waals surface area contributed by atoms with Crippen molar-refractivity contribution in [1.29, 1.82) is 0 Å². The van der Waals surface area contributed by atoms with Gasteiger partial charge in [0.15, 0.2) is 0 Å². The summed E-state index contributed by atoms with van der Waals surface area (Å²) in [5.41, 5.74) is 6.38. The lowest BCUT2D eigenvalue weighted by molar-refractivity contribution is 0.384. The zero-order valence-electron chi connectivity index (χ0n) is 19.2. The molecule has 178 valence electrons.